The van der Waals surface area contributed by atoms with Crippen LogP contribution in [0.15, 0.2) is 0 Å². The van der Waals surface area contributed by atoms with Gasteiger partial charge in [0.2, 0.25) is 0 Å². The van der Waals surface area contributed by atoms with Gasteiger partial charge in [-0.1, -0.05) is 6.92 Å². The van der Waals surface area contributed by atoms with Crippen molar-refractivity contribution in [2.75, 3.05) is 27.5 Å². The van der Waals surface area contributed by atoms with Gasteiger partial charge in [0.25, 0.3) is 0 Å². The van der Waals surface area contributed by atoms with Crippen LogP contribution in [-0.4, -0.2) is 43.8 Å². The number of rotatable bonds is 6. The number of hydrogen-bond acceptors (Lipinski definition) is 4. The fourth-order valence-corrected chi connectivity index (χ4v) is 0.563. The maximum absolute atomic E-state index is 8.73. The SMILES string of the molecule is CCC(CO)OCN(C)OC. The molecule has 0 radical (unpaired) electrons. The summed E-state index contributed by atoms with van der Waals surface area (Å²) in [5.41, 5.74) is 0. The van der Waals surface area contributed by atoms with Gasteiger partial charge in [0, 0.05) is 7.05 Å². The van der Waals surface area contributed by atoms with E-state index in [-0.39, 0.29) is 12.7 Å². The molecule has 68 valence electrons. The molecule has 1 unspecified atom stereocenters. The second-order valence-electron chi connectivity index (χ2n) is 2.32. The molecule has 0 aliphatic carbocycles. The van der Waals surface area contributed by atoms with E-state index >= 15 is 0 Å². The minimum absolute atomic E-state index is 0.0635. The molecule has 1 N–H and O–H groups in total. The fourth-order valence-electron chi connectivity index (χ4n) is 0.563. The predicted octanol–water partition coefficient (Wildman–Crippen LogP) is 0.225. The molecule has 4 nitrogen and oxygen atoms in total. The van der Waals surface area contributed by atoms with Crippen LogP contribution in [0.1, 0.15) is 13.3 Å². The zero-order valence-corrected chi connectivity index (χ0v) is 7.41. The summed E-state index contributed by atoms with van der Waals surface area (Å²) in [5, 5.41) is 10.3. The van der Waals surface area contributed by atoms with Gasteiger partial charge in [0.1, 0.15) is 6.73 Å². The summed E-state index contributed by atoms with van der Waals surface area (Å²) in [6, 6.07) is 0. The number of nitrogens with zero attached hydrogens (tertiary/aromatic N) is 1. The van der Waals surface area contributed by atoms with Gasteiger partial charge in [-0.25, -0.2) is 0 Å². The van der Waals surface area contributed by atoms with Crippen LogP contribution in [0, 0.1) is 0 Å². The van der Waals surface area contributed by atoms with Crippen LogP contribution in [0.3, 0.4) is 0 Å². The molecule has 0 bridgehead atoms. The monoisotopic (exact) mass is 163 g/mol. The predicted molar refractivity (Wildman–Crippen MR) is 41.9 cm³/mol. The normalized spacial score (nSPS) is 13.9. The van der Waals surface area contributed by atoms with Crippen molar-refractivity contribution >= 4 is 0 Å². The first-order valence-corrected chi connectivity index (χ1v) is 3.72. The summed E-state index contributed by atoms with van der Waals surface area (Å²) in [6.45, 7) is 2.41. The first-order valence-electron chi connectivity index (χ1n) is 3.72. The van der Waals surface area contributed by atoms with E-state index in [1.54, 1.807) is 19.2 Å². The van der Waals surface area contributed by atoms with Crippen molar-refractivity contribution in [2.45, 2.75) is 19.4 Å². The zero-order valence-electron chi connectivity index (χ0n) is 7.41. The Bertz CT molecular complexity index is 85.8. The van der Waals surface area contributed by atoms with Crippen molar-refractivity contribution in [2.24, 2.45) is 0 Å². The van der Waals surface area contributed by atoms with E-state index in [1.165, 1.54) is 0 Å². The molecule has 0 saturated heterocycles. The Balaban J connectivity index is 3.34. The van der Waals surface area contributed by atoms with Gasteiger partial charge in [-0.2, -0.15) is 5.06 Å². The highest BCUT2D eigenvalue weighted by atomic mass is 16.7. The molecule has 0 aromatic carbocycles. The topological polar surface area (TPSA) is 41.9 Å². The molecule has 11 heavy (non-hydrogen) atoms. The fraction of sp³-hybridized carbons (Fsp3) is 1.00. The van der Waals surface area contributed by atoms with Gasteiger partial charge >= 0.3 is 0 Å². The lowest BCUT2D eigenvalue weighted by Gasteiger charge is -2.18. The summed E-state index contributed by atoms with van der Waals surface area (Å²) in [7, 11) is 3.34. The Morgan fingerprint density at radius 3 is 2.55 bits per heavy atom. The Kier molecular flexibility index (Phi) is 6.45. The van der Waals surface area contributed by atoms with Crippen molar-refractivity contribution in [3.8, 4) is 0 Å². The van der Waals surface area contributed by atoms with Gasteiger partial charge in [-0.3, -0.25) is 0 Å². The van der Waals surface area contributed by atoms with E-state index in [2.05, 4.69) is 0 Å². The Morgan fingerprint density at radius 1 is 1.55 bits per heavy atom. The lowest BCUT2D eigenvalue weighted by Crippen LogP contribution is -2.26. The average Bonchev–Trinajstić information content (AvgIpc) is 2.06. The summed E-state index contributed by atoms with van der Waals surface area (Å²) in [4.78, 5) is 4.82. The highest BCUT2D eigenvalue weighted by Crippen LogP contribution is 1.96. The summed E-state index contributed by atoms with van der Waals surface area (Å²) < 4.78 is 5.24. The van der Waals surface area contributed by atoms with Crippen molar-refractivity contribution in [3.63, 3.8) is 0 Å². The van der Waals surface area contributed by atoms with Crippen molar-refractivity contribution in [3.05, 3.63) is 0 Å². The second kappa shape index (κ2) is 6.54. The molecule has 0 aromatic heterocycles. The van der Waals surface area contributed by atoms with Gasteiger partial charge < -0.3 is 14.7 Å². The number of aliphatic hydroxyl groups is 1. The molecule has 1 atom stereocenters. The smallest absolute Gasteiger partial charge is 0.122 e. The number of hydrogen-bond donors (Lipinski definition) is 1. The number of ether oxygens (including phenoxy) is 1. The highest BCUT2D eigenvalue weighted by molar-refractivity contribution is 4.49. The van der Waals surface area contributed by atoms with Crippen LogP contribution in [0.5, 0.6) is 0 Å². The standard InChI is InChI=1S/C7H17NO3/c1-4-7(5-9)11-6-8(2)10-3/h7,9H,4-6H2,1-3H3. The lowest BCUT2D eigenvalue weighted by atomic mass is 10.3. The van der Waals surface area contributed by atoms with Crippen molar-refractivity contribution < 1.29 is 14.7 Å². The Morgan fingerprint density at radius 2 is 2.18 bits per heavy atom. The van der Waals surface area contributed by atoms with Crippen LogP contribution in [0.2, 0.25) is 0 Å². The molecule has 0 aliphatic heterocycles. The quantitative estimate of drug-likeness (QED) is 0.449. The molecular formula is C7H17NO3. The maximum atomic E-state index is 8.73. The molecule has 0 rings (SSSR count). The minimum Gasteiger partial charge on any atom is -0.394 e. The third kappa shape index (κ3) is 5.15. The molecule has 0 saturated carbocycles. The summed E-state index contributed by atoms with van der Waals surface area (Å²) in [6.07, 6.45) is 0.737. The third-order valence-electron chi connectivity index (χ3n) is 1.46. The van der Waals surface area contributed by atoms with Crippen LogP contribution < -0.4 is 0 Å². The molecule has 0 amide bonds. The number of aliphatic hydroxyl groups excluding tert-OH is 1. The van der Waals surface area contributed by atoms with E-state index in [4.69, 9.17) is 14.7 Å². The Hall–Kier alpha value is -0.160. The molecule has 0 aliphatic rings. The molecule has 0 spiro atoms. The lowest BCUT2D eigenvalue weighted by molar-refractivity contribution is -0.186. The van der Waals surface area contributed by atoms with E-state index in [9.17, 15) is 0 Å². The van der Waals surface area contributed by atoms with E-state index in [0.717, 1.165) is 6.42 Å². The van der Waals surface area contributed by atoms with Gasteiger partial charge in [0.15, 0.2) is 0 Å². The molecule has 0 fully saturated rings. The van der Waals surface area contributed by atoms with E-state index in [0.29, 0.717) is 6.73 Å². The molecule has 0 heterocycles. The third-order valence-corrected chi connectivity index (χ3v) is 1.46. The van der Waals surface area contributed by atoms with Crippen molar-refractivity contribution in [1.29, 1.82) is 0 Å². The highest BCUT2D eigenvalue weighted by Gasteiger charge is 2.05. The molecule has 4 heteroatoms. The largest absolute Gasteiger partial charge is 0.394 e. The number of hydroxylamine groups is 2. The Labute approximate surface area is 67.7 Å². The first kappa shape index (κ1) is 10.8. The zero-order chi connectivity index (χ0) is 8.69. The van der Waals surface area contributed by atoms with Crippen LogP contribution in [0.25, 0.3) is 0 Å². The van der Waals surface area contributed by atoms with Gasteiger partial charge in [-0.05, 0) is 6.42 Å². The minimum atomic E-state index is -0.0763. The summed E-state index contributed by atoms with van der Waals surface area (Å²) >= 11 is 0. The van der Waals surface area contributed by atoms with E-state index in [1.807, 2.05) is 6.92 Å². The van der Waals surface area contributed by atoms with Gasteiger partial charge in [0.05, 0.1) is 19.8 Å². The maximum Gasteiger partial charge on any atom is 0.122 e. The van der Waals surface area contributed by atoms with Gasteiger partial charge in [-0.15, -0.1) is 0 Å². The van der Waals surface area contributed by atoms with E-state index < -0.39 is 0 Å². The van der Waals surface area contributed by atoms with Crippen LogP contribution in [0.4, 0.5) is 0 Å². The molecule has 0 aromatic rings. The first-order chi connectivity index (χ1) is 5.24. The summed E-state index contributed by atoms with van der Waals surface area (Å²) in [5.74, 6) is 0. The molecular weight excluding hydrogens is 146 g/mol. The van der Waals surface area contributed by atoms with Crippen molar-refractivity contribution in [1.82, 2.24) is 5.06 Å². The van der Waals surface area contributed by atoms with Crippen LogP contribution >= 0.6 is 0 Å². The second-order valence-corrected chi connectivity index (χ2v) is 2.32. The average molecular weight is 163 g/mol. The van der Waals surface area contributed by atoms with Crippen LogP contribution in [-0.2, 0) is 9.57 Å².